The molecule has 2 heteroatoms. The van der Waals surface area contributed by atoms with E-state index in [1.165, 1.54) is 37.7 Å². The van der Waals surface area contributed by atoms with E-state index in [2.05, 4.69) is 6.92 Å². The van der Waals surface area contributed by atoms with E-state index in [1.807, 2.05) is 24.3 Å². The summed E-state index contributed by atoms with van der Waals surface area (Å²) in [6, 6.07) is 7.88. The van der Waals surface area contributed by atoms with Gasteiger partial charge in [0.15, 0.2) is 0 Å². The number of carbonyl (C=O) groups is 1. The fourth-order valence-corrected chi connectivity index (χ4v) is 2.96. The molecule has 0 aliphatic heterocycles. The Kier molecular flexibility index (Phi) is 5.22. The molecule has 0 radical (unpaired) electrons. The van der Waals surface area contributed by atoms with Gasteiger partial charge in [-0.2, -0.15) is 0 Å². The van der Waals surface area contributed by atoms with Crippen LogP contribution in [0.2, 0.25) is 0 Å². The Labute approximate surface area is 122 Å². The van der Waals surface area contributed by atoms with E-state index in [-0.39, 0.29) is 5.41 Å². The molecule has 1 saturated carbocycles. The average molecular weight is 273 g/mol. The van der Waals surface area contributed by atoms with Crippen molar-refractivity contribution in [1.82, 2.24) is 0 Å². The first-order valence-corrected chi connectivity index (χ1v) is 8.08. The third-order valence-corrected chi connectivity index (χ3v) is 4.50. The number of Topliss-reactive ketones (excluding diaryl/α,β-unsaturated/α-hetero) is 1. The molecule has 0 atom stereocenters. The van der Waals surface area contributed by atoms with Crippen LogP contribution in [0, 0.1) is 0 Å². The van der Waals surface area contributed by atoms with Crippen molar-refractivity contribution in [2.45, 2.75) is 70.1 Å². The Morgan fingerprint density at radius 2 is 1.65 bits per heavy atom. The lowest BCUT2D eigenvalue weighted by molar-refractivity contribution is -0.121. The highest BCUT2D eigenvalue weighted by Crippen LogP contribution is 2.50. The molecule has 0 spiro atoms. The van der Waals surface area contributed by atoms with Crippen molar-refractivity contribution in [3.8, 4) is 0 Å². The van der Waals surface area contributed by atoms with Crippen molar-refractivity contribution in [1.29, 1.82) is 0 Å². The highest BCUT2D eigenvalue weighted by atomic mass is 16.1. The second kappa shape index (κ2) is 6.92. The van der Waals surface area contributed by atoms with Crippen LogP contribution < -0.4 is 5.73 Å². The Balaban J connectivity index is 1.78. The van der Waals surface area contributed by atoms with E-state index in [0.29, 0.717) is 5.78 Å². The quantitative estimate of drug-likeness (QED) is 0.527. The minimum atomic E-state index is -0.156. The summed E-state index contributed by atoms with van der Waals surface area (Å²) in [4.78, 5) is 12.5. The predicted molar refractivity (Wildman–Crippen MR) is 84.8 cm³/mol. The van der Waals surface area contributed by atoms with Gasteiger partial charge in [-0.15, -0.1) is 0 Å². The van der Waals surface area contributed by atoms with Gasteiger partial charge in [-0.1, -0.05) is 51.2 Å². The highest BCUT2D eigenvalue weighted by Gasteiger charge is 2.49. The SMILES string of the molecule is CCCCCCCCC(=O)C1(c2ccc(N)cc2)CC1. The second-order valence-electron chi connectivity index (χ2n) is 6.15. The number of ketones is 1. The molecule has 0 heterocycles. The van der Waals surface area contributed by atoms with E-state index in [9.17, 15) is 4.79 Å². The van der Waals surface area contributed by atoms with E-state index in [0.717, 1.165) is 31.4 Å². The number of hydrogen-bond acceptors (Lipinski definition) is 2. The molecule has 20 heavy (non-hydrogen) atoms. The molecule has 2 N–H and O–H groups in total. The van der Waals surface area contributed by atoms with Gasteiger partial charge in [0.2, 0.25) is 0 Å². The van der Waals surface area contributed by atoms with Crippen molar-refractivity contribution in [2.24, 2.45) is 0 Å². The Bertz CT molecular complexity index is 431. The summed E-state index contributed by atoms with van der Waals surface area (Å²) in [6.07, 6.45) is 10.2. The lowest BCUT2D eigenvalue weighted by atomic mass is 9.88. The third-order valence-electron chi connectivity index (χ3n) is 4.50. The summed E-state index contributed by atoms with van der Waals surface area (Å²) in [5, 5.41) is 0. The monoisotopic (exact) mass is 273 g/mol. The van der Waals surface area contributed by atoms with Crippen LogP contribution in [0.1, 0.15) is 70.3 Å². The molecule has 1 aromatic carbocycles. The molecule has 0 amide bonds. The lowest BCUT2D eigenvalue weighted by Gasteiger charge is -2.14. The zero-order valence-corrected chi connectivity index (χ0v) is 12.7. The van der Waals surface area contributed by atoms with Gasteiger partial charge in [-0.25, -0.2) is 0 Å². The number of nitrogen functional groups attached to an aromatic ring is 1. The first-order chi connectivity index (χ1) is 9.69. The molecular weight excluding hydrogens is 246 g/mol. The molecule has 0 saturated heterocycles. The van der Waals surface area contributed by atoms with E-state index in [1.54, 1.807) is 0 Å². The number of carbonyl (C=O) groups excluding carboxylic acids is 1. The van der Waals surface area contributed by atoms with Crippen LogP contribution >= 0.6 is 0 Å². The fraction of sp³-hybridized carbons (Fsp3) is 0.611. The van der Waals surface area contributed by atoms with E-state index >= 15 is 0 Å². The smallest absolute Gasteiger partial charge is 0.143 e. The number of nitrogens with two attached hydrogens (primary N) is 1. The molecule has 1 aliphatic carbocycles. The summed E-state index contributed by atoms with van der Waals surface area (Å²) in [5.41, 5.74) is 7.50. The van der Waals surface area contributed by atoms with Gasteiger partial charge in [0.05, 0.1) is 5.41 Å². The third kappa shape index (κ3) is 3.62. The van der Waals surface area contributed by atoms with Gasteiger partial charge < -0.3 is 5.73 Å². The van der Waals surface area contributed by atoms with Gasteiger partial charge in [-0.05, 0) is 37.0 Å². The summed E-state index contributed by atoms with van der Waals surface area (Å²) in [7, 11) is 0. The maximum absolute atomic E-state index is 12.5. The topological polar surface area (TPSA) is 43.1 Å². The van der Waals surface area contributed by atoms with E-state index < -0.39 is 0 Å². The zero-order chi connectivity index (χ0) is 14.4. The molecule has 1 fully saturated rings. The predicted octanol–water partition coefficient (Wildman–Crippen LogP) is 4.62. The molecular formula is C18H27NO. The molecule has 2 nitrogen and oxygen atoms in total. The molecule has 0 bridgehead atoms. The maximum atomic E-state index is 12.5. The van der Waals surface area contributed by atoms with E-state index in [4.69, 9.17) is 5.73 Å². The number of hydrogen-bond donors (Lipinski definition) is 1. The summed E-state index contributed by atoms with van der Waals surface area (Å²) < 4.78 is 0. The normalized spacial score (nSPS) is 16.1. The second-order valence-corrected chi connectivity index (χ2v) is 6.15. The van der Waals surface area contributed by atoms with Crippen LogP contribution in [0.25, 0.3) is 0 Å². The van der Waals surface area contributed by atoms with Crippen molar-refractivity contribution >= 4 is 11.5 Å². The average Bonchev–Trinajstić information content (AvgIpc) is 3.25. The lowest BCUT2D eigenvalue weighted by Crippen LogP contribution is -2.20. The minimum Gasteiger partial charge on any atom is -0.399 e. The molecule has 0 unspecified atom stereocenters. The van der Waals surface area contributed by atoms with Gasteiger partial charge in [0.1, 0.15) is 5.78 Å². The van der Waals surface area contributed by atoms with Gasteiger partial charge in [0.25, 0.3) is 0 Å². The van der Waals surface area contributed by atoms with Crippen LogP contribution in [-0.2, 0) is 10.2 Å². The van der Waals surface area contributed by atoms with Crippen LogP contribution in [-0.4, -0.2) is 5.78 Å². The highest BCUT2D eigenvalue weighted by molar-refractivity contribution is 5.93. The van der Waals surface area contributed by atoms with Crippen LogP contribution in [0.4, 0.5) is 5.69 Å². The van der Waals surface area contributed by atoms with Crippen molar-refractivity contribution < 1.29 is 4.79 Å². The molecule has 2 rings (SSSR count). The minimum absolute atomic E-state index is 0.156. The van der Waals surface area contributed by atoms with Crippen LogP contribution in [0.15, 0.2) is 24.3 Å². The molecule has 1 aromatic rings. The van der Waals surface area contributed by atoms with Gasteiger partial charge in [0, 0.05) is 12.1 Å². The Hall–Kier alpha value is -1.31. The first-order valence-electron chi connectivity index (χ1n) is 8.08. The number of benzene rings is 1. The standard InChI is InChI=1S/C18H27NO/c1-2-3-4-5-6-7-8-17(20)18(13-14-18)15-9-11-16(19)12-10-15/h9-12H,2-8,13-14,19H2,1H3. The summed E-state index contributed by atoms with van der Waals surface area (Å²) >= 11 is 0. The first kappa shape index (κ1) is 15.1. The number of anilines is 1. The van der Waals surface area contributed by atoms with Crippen molar-refractivity contribution in [3.05, 3.63) is 29.8 Å². The number of unbranched alkanes of at least 4 members (excludes halogenated alkanes) is 5. The zero-order valence-electron chi connectivity index (χ0n) is 12.7. The van der Waals surface area contributed by atoms with Crippen LogP contribution in [0.3, 0.4) is 0 Å². The Morgan fingerprint density at radius 1 is 1.05 bits per heavy atom. The molecule has 0 aromatic heterocycles. The number of rotatable bonds is 9. The summed E-state index contributed by atoms with van der Waals surface area (Å²) in [6.45, 7) is 2.23. The van der Waals surface area contributed by atoms with Gasteiger partial charge in [-0.3, -0.25) is 4.79 Å². The fourth-order valence-electron chi connectivity index (χ4n) is 2.96. The molecule has 1 aliphatic rings. The molecule has 110 valence electrons. The van der Waals surface area contributed by atoms with Crippen molar-refractivity contribution in [3.63, 3.8) is 0 Å². The van der Waals surface area contributed by atoms with Crippen molar-refractivity contribution in [2.75, 3.05) is 5.73 Å². The van der Waals surface area contributed by atoms with Gasteiger partial charge >= 0.3 is 0 Å². The van der Waals surface area contributed by atoms with Crippen LogP contribution in [0.5, 0.6) is 0 Å². The maximum Gasteiger partial charge on any atom is 0.143 e. The summed E-state index contributed by atoms with van der Waals surface area (Å²) in [5.74, 6) is 0.442. The Morgan fingerprint density at radius 3 is 2.25 bits per heavy atom. The largest absolute Gasteiger partial charge is 0.399 e.